The monoisotopic (exact) mass is 466 g/mol. The van der Waals surface area contributed by atoms with Crippen LogP contribution in [0.3, 0.4) is 0 Å². The molecule has 0 unspecified atom stereocenters. The smallest absolute Gasteiger partial charge is 0.416 e. The summed E-state index contributed by atoms with van der Waals surface area (Å²) < 4.78 is 48.6. The summed E-state index contributed by atoms with van der Waals surface area (Å²) in [7, 11) is 0. The van der Waals surface area contributed by atoms with Crippen molar-refractivity contribution >= 4 is 29.4 Å². The van der Waals surface area contributed by atoms with E-state index in [-0.39, 0.29) is 27.7 Å². The first-order valence-electron chi connectivity index (χ1n) is 8.93. The van der Waals surface area contributed by atoms with Crippen molar-refractivity contribution < 1.29 is 36.7 Å². The minimum atomic E-state index is -4.53. The molecular formula is C21H14ClF3N2O5. The fraction of sp³-hybridized carbons (Fsp3) is 0.0952. The molecule has 2 aromatic carbocycles. The molecule has 0 bridgehead atoms. The number of benzene rings is 2. The van der Waals surface area contributed by atoms with E-state index in [9.17, 15) is 27.6 Å². The van der Waals surface area contributed by atoms with E-state index in [2.05, 4.69) is 10.9 Å². The second kappa shape index (κ2) is 9.56. The van der Waals surface area contributed by atoms with Gasteiger partial charge >= 0.3 is 12.1 Å². The standard InChI is InChI=1S/C21H14ClF3N2O5/c22-15-7-2-1-6-14(15)19(29)27-26-18(28)11-31-20(30)17-9-8-16(32-17)12-4-3-5-13(10-12)21(23,24)25/h1-10H,11H2,(H,26,28)(H,27,29). The normalized spacial score (nSPS) is 11.0. The number of amides is 2. The largest absolute Gasteiger partial charge is 0.450 e. The van der Waals surface area contributed by atoms with Gasteiger partial charge in [-0.3, -0.25) is 20.4 Å². The van der Waals surface area contributed by atoms with Crippen molar-refractivity contribution in [2.75, 3.05) is 6.61 Å². The van der Waals surface area contributed by atoms with E-state index < -0.39 is 36.1 Å². The number of esters is 1. The third kappa shape index (κ3) is 5.67. The van der Waals surface area contributed by atoms with Crippen LogP contribution in [-0.2, 0) is 15.7 Å². The first-order valence-corrected chi connectivity index (χ1v) is 9.31. The molecule has 0 aliphatic heterocycles. The minimum Gasteiger partial charge on any atom is -0.450 e. The molecule has 32 heavy (non-hydrogen) atoms. The topological polar surface area (TPSA) is 97.6 Å². The van der Waals surface area contributed by atoms with E-state index in [4.69, 9.17) is 20.8 Å². The second-order valence-electron chi connectivity index (χ2n) is 6.30. The maximum atomic E-state index is 12.8. The predicted octanol–water partition coefficient (Wildman–Crippen LogP) is 4.24. The number of furan rings is 1. The molecule has 0 saturated carbocycles. The first kappa shape index (κ1) is 22.9. The maximum absolute atomic E-state index is 12.8. The number of carbonyl (C=O) groups is 3. The summed E-state index contributed by atoms with van der Waals surface area (Å²) in [5, 5.41) is 0.181. The number of alkyl halides is 3. The van der Waals surface area contributed by atoms with Crippen molar-refractivity contribution in [3.05, 3.63) is 82.6 Å². The van der Waals surface area contributed by atoms with E-state index in [0.717, 1.165) is 12.1 Å². The summed E-state index contributed by atoms with van der Waals surface area (Å²) in [6, 6.07) is 13.0. The zero-order valence-electron chi connectivity index (χ0n) is 16.0. The van der Waals surface area contributed by atoms with Gasteiger partial charge in [0.05, 0.1) is 16.1 Å². The summed E-state index contributed by atoms with van der Waals surface area (Å²) in [5.41, 5.74) is 3.54. The minimum absolute atomic E-state index is 0.0134. The Morgan fingerprint density at radius 2 is 1.72 bits per heavy atom. The molecule has 0 radical (unpaired) electrons. The molecule has 0 spiro atoms. The highest BCUT2D eigenvalue weighted by Crippen LogP contribution is 2.32. The van der Waals surface area contributed by atoms with Crippen molar-refractivity contribution in [2.45, 2.75) is 6.18 Å². The van der Waals surface area contributed by atoms with Crippen LogP contribution in [0.2, 0.25) is 5.02 Å². The Hall–Kier alpha value is -3.79. The zero-order chi connectivity index (χ0) is 23.3. The summed E-state index contributed by atoms with van der Waals surface area (Å²) in [5.74, 6) is -2.84. The Kier molecular flexibility index (Phi) is 6.84. The molecular weight excluding hydrogens is 453 g/mol. The maximum Gasteiger partial charge on any atom is 0.416 e. The third-order valence-corrected chi connectivity index (χ3v) is 4.38. The lowest BCUT2D eigenvalue weighted by atomic mass is 10.1. The molecule has 0 saturated heterocycles. The Labute approximate surface area is 184 Å². The lowest BCUT2D eigenvalue weighted by Crippen LogP contribution is -2.43. The molecule has 1 heterocycles. The van der Waals surface area contributed by atoms with Gasteiger partial charge in [-0.2, -0.15) is 13.2 Å². The SMILES string of the molecule is O=C(COC(=O)c1ccc(-c2cccc(C(F)(F)F)c2)o1)NNC(=O)c1ccccc1Cl. The summed E-state index contributed by atoms with van der Waals surface area (Å²) >= 11 is 5.87. The highest BCUT2D eigenvalue weighted by atomic mass is 35.5. The van der Waals surface area contributed by atoms with Gasteiger partial charge in [-0.1, -0.05) is 35.9 Å². The number of hydrogen-bond acceptors (Lipinski definition) is 5. The molecule has 0 aliphatic rings. The van der Waals surface area contributed by atoms with Crippen LogP contribution in [0.4, 0.5) is 13.2 Å². The van der Waals surface area contributed by atoms with Crippen molar-refractivity contribution in [3.8, 4) is 11.3 Å². The van der Waals surface area contributed by atoms with Gasteiger partial charge in [0.1, 0.15) is 5.76 Å². The number of rotatable bonds is 5. The Bertz CT molecular complexity index is 1160. The Morgan fingerprint density at radius 3 is 2.44 bits per heavy atom. The van der Waals surface area contributed by atoms with Crippen LogP contribution in [-0.4, -0.2) is 24.4 Å². The fourth-order valence-electron chi connectivity index (χ4n) is 2.53. The van der Waals surface area contributed by atoms with Crippen molar-refractivity contribution in [1.82, 2.24) is 10.9 Å². The summed E-state index contributed by atoms with van der Waals surface area (Å²) in [4.78, 5) is 35.8. The molecule has 11 heteroatoms. The molecule has 3 aromatic rings. The van der Waals surface area contributed by atoms with E-state index in [1.165, 1.54) is 36.4 Å². The van der Waals surface area contributed by atoms with Crippen LogP contribution < -0.4 is 10.9 Å². The Balaban J connectivity index is 1.54. The molecule has 7 nitrogen and oxygen atoms in total. The number of hydrogen-bond donors (Lipinski definition) is 2. The molecule has 2 N–H and O–H groups in total. The van der Waals surface area contributed by atoms with Crippen LogP contribution in [0.5, 0.6) is 0 Å². The number of carbonyl (C=O) groups excluding carboxylic acids is 3. The number of ether oxygens (including phenoxy) is 1. The number of halogens is 4. The van der Waals surface area contributed by atoms with E-state index in [1.807, 2.05) is 0 Å². The molecule has 3 rings (SSSR count). The van der Waals surface area contributed by atoms with Crippen molar-refractivity contribution in [2.24, 2.45) is 0 Å². The van der Waals surface area contributed by atoms with Gasteiger partial charge in [0.15, 0.2) is 6.61 Å². The first-order chi connectivity index (χ1) is 15.1. The van der Waals surface area contributed by atoms with Gasteiger partial charge in [-0.15, -0.1) is 0 Å². The highest BCUT2D eigenvalue weighted by molar-refractivity contribution is 6.33. The van der Waals surface area contributed by atoms with Crippen LogP contribution >= 0.6 is 11.6 Å². The van der Waals surface area contributed by atoms with E-state index >= 15 is 0 Å². The van der Waals surface area contributed by atoms with E-state index in [1.54, 1.807) is 12.1 Å². The van der Waals surface area contributed by atoms with Gasteiger partial charge in [0.2, 0.25) is 5.76 Å². The van der Waals surface area contributed by atoms with Crippen LogP contribution in [0.15, 0.2) is 65.1 Å². The number of hydrazine groups is 1. The van der Waals surface area contributed by atoms with Crippen LogP contribution in [0, 0.1) is 0 Å². The lowest BCUT2D eigenvalue weighted by molar-refractivity contribution is -0.137. The third-order valence-electron chi connectivity index (χ3n) is 4.05. The predicted molar refractivity (Wildman–Crippen MR) is 106 cm³/mol. The van der Waals surface area contributed by atoms with Gasteiger partial charge in [-0.05, 0) is 36.4 Å². The van der Waals surface area contributed by atoms with Crippen LogP contribution in [0.25, 0.3) is 11.3 Å². The lowest BCUT2D eigenvalue weighted by Gasteiger charge is -2.08. The number of nitrogens with one attached hydrogen (secondary N) is 2. The van der Waals surface area contributed by atoms with Crippen molar-refractivity contribution in [3.63, 3.8) is 0 Å². The summed E-state index contributed by atoms with van der Waals surface area (Å²) in [6.45, 7) is -0.749. The van der Waals surface area contributed by atoms with Gasteiger partial charge in [0, 0.05) is 5.56 Å². The average molecular weight is 467 g/mol. The molecule has 166 valence electrons. The molecule has 0 fully saturated rings. The quantitative estimate of drug-likeness (QED) is 0.433. The van der Waals surface area contributed by atoms with Crippen molar-refractivity contribution in [1.29, 1.82) is 0 Å². The fourth-order valence-corrected chi connectivity index (χ4v) is 2.75. The van der Waals surface area contributed by atoms with Gasteiger partial charge in [0.25, 0.3) is 11.8 Å². The Morgan fingerprint density at radius 1 is 0.969 bits per heavy atom. The molecule has 0 aliphatic carbocycles. The van der Waals surface area contributed by atoms with Crippen LogP contribution in [0.1, 0.15) is 26.5 Å². The summed E-state index contributed by atoms with van der Waals surface area (Å²) in [6.07, 6.45) is -4.53. The van der Waals surface area contributed by atoms with E-state index in [0.29, 0.717) is 0 Å². The molecule has 1 aromatic heterocycles. The van der Waals surface area contributed by atoms with Gasteiger partial charge < -0.3 is 9.15 Å². The highest BCUT2D eigenvalue weighted by Gasteiger charge is 2.30. The van der Waals surface area contributed by atoms with Gasteiger partial charge in [-0.25, -0.2) is 4.79 Å². The zero-order valence-corrected chi connectivity index (χ0v) is 16.8. The molecule has 0 atom stereocenters. The second-order valence-corrected chi connectivity index (χ2v) is 6.71. The average Bonchev–Trinajstić information content (AvgIpc) is 3.26. The molecule has 2 amide bonds.